The zero-order valence-corrected chi connectivity index (χ0v) is 18.7. The number of rotatable bonds is 3. The van der Waals surface area contributed by atoms with Crippen LogP contribution in [0.15, 0.2) is 89.7 Å². The summed E-state index contributed by atoms with van der Waals surface area (Å²) in [4.78, 5) is 25.7. The van der Waals surface area contributed by atoms with E-state index in [4.69, 9.17) is 4.98 Å². The van der Waals surface area contributed by atoms with Gasteiger partial charge in [0.25, 0.3) is 0 Å². The fraction of sp³-hybridized carbons (Fsp3) is 0. The molecule has 6 aromatic rings. The fourth-order valence-corrected chi connectivity index (χ4v) is 4.49. The van der Waals surface area contributed by atoms with Crippen LogP contribution in [0.4, 0.5) is 0 Å². The Labute approximate surface area is 196 Å². The van der Waals surface area contributed by atoms with E-state index in [-0.39, 0.29) is 5.56 Å². The predicted molar refractivity (Wildman–Crippen MR) is 132 cm³/mol. The lowest BCUT2D eigenvalue weighted by Crippen LogP contribution is -1.99. The minimum Gasteiger partial charge on any atom is -0.478 e. The Morgan fingerprint density at radius 1 is 0.788 bits per heavy atom. The smallest absolute Gasteiger partial charge is 0.335 e. The van der Waals surface area contributed by atoms with Crippen LogP contribution in [0.2, 0.25) is 0 Å². The minimum absolute atomic E-state index is 0.231. The standard InChI is InChI=1S/C26H15BrN4O2/c27-17-9-11-18(12-10-17)31-24-20-4-2-14-29-22(20)21-19(3-1-13-28-21)23(24)30-25(31)15-5-7-16(8-6-15)26(32)33/h1-14H,(H,32,33). The number of nitrogens with zero attached hydrogens (tertiary/aromatic N) is 4. The van der Waals surface area contributed by atoms with Crippen LogP contribution in [0.5, 0.6) is 0 Å². The fourth-order valence-electron chi connectivity index (χ4n) is 4.22. The van der Waals surface area contributed by atoms with E-state index in [0.29, 0.717) is 5.82 Å². The number of pyridine rings is 2. The summed E-state index contributed by atoms with van der Waals surface area (Å²) in [5, 5.41) is 11.2. The van der Waals surface area contributed by atoms with Crippen LogP contribution >= 0.6 is 15.9 Å². The van der Waals surface area contributed by atoms with Gasteiger partial charge in [-0.25, -0.2) is 9.78 Å². The molecule has 0 saturated carbocycles. The van der Waals surface area contributed by atoms with Crippen LogP contribution < -0.4 is 0 Å². The van der Waals surface area contributed by atoms with Crippen molar-refractivity contribution in [1.82, 2.24) is 19.5 Å². The van der Waals surface area contributed by atoms with Gasteiger partial charge in [0.1, 0.15) is 5.82 Å². The highest BCUT2D eigenvalue weighted by Gasteiger charge is 2.21. The molecule has 3 aromatic carbocycles. The van der Waals surface area contributed by atoms with Gasteiger partial charge in [-0.15, -0.1) is 0 Å². The van der Waals surface area contributed by atoms with Gasteiger partial charge >= 0.3 is 5.97 Å². The van der Waals surface area contributed by atoms with E-state index in [0.717, 1.165) is 48.6 Å². The van der Waals surface area contributed by atoms with Crippen LogP contribution in [-0.2, 0) is 0 Å². The normalized spacial score (nSPS) is 11.4. The van der Waals surface area contributed by atoms with Crippen molar-refractivity contribution >= 4 is 54.7 Å². The Kier molecular flexibility index (Phi) is 4.45. The molecule has 3 aromatic heterocycles. The average molecular weight is 495 g/mol. The van der Waals surface area contributed by atoms with Crippen LogP contribution in [0.3, 0.4) is 0 Å². The second kappa shape index (κ2) is 7.50. The third kappa shape index (κ3) is 3.08. The summed E-state index contributed by atoms with van der Waals surface area (Å²) in [6, 6.07) is 22.7. The first-order chi connectivity index (χ1) is 16.1. The van der Waals surface area contributed by atoms with Gasteiger partial charge in [-0.1, -0.05) is 28.1 Å². The number of carboxylic acid groups (broad SMARTS) is 1. The van der Waals surface area contributed by atoms with Crippen LogP contribution in [0.1, 0.15) is 10.4 Å². The third-order valence-corrected chi connectivity index (χ3v) is 6.23. The molecule has 0 fully saturated rings. The Balaban J connectivity index is 1.79. The maximum Gasteiger partial charge on any atom is 0.335 e. The molecule has 0 radical (unpaired) electrons. The molecule has 158 valence electrons. The average Bonchev–Trinajstić information content (AvgIpc) is 3.26. The molecule has 33 heavy (non-hydrogen) atoms. The van der Waals surface area contributed by atoms with Crippen LogP contribution in [-0.4, -0.2) is 30.6 Å². The third-order valence-electron chi connectivity index (χ3n) is 5.70. The number of halogens is 1. The Morgan fingerprint density at radius 3 is 2.09 bits per heavy atom. The Hall–Kier alpha value is -4.10. The summed E-state index contributed by atoms with van der Waals surface area (Å²) in [5.74, 6) is -0.247. The molecule has 0 atom stereocenters. The molecule has 0 bridgehead atoms. The number of fused-ring (bicyclic) bond motifs is 6. The number of hydrogen-bond donors (Lipinski definition) is 1. The van der Waals surface area contributed by atoms with Crippen LogP contribution in [0, 0.1) is 0 Å². The molecule has 7 heteroatoms. The predicted octanol–water partition coefficient (Wildman–Crippen LogP) is 6.25. The second-order valence-electron chi connectivity index (χ2n) is 7.63. The lowest BCUT2D eigenvalue weighted by molar-refractivity contribution is 0.0697. The minimum atomic E-state index is -0.961. The first-order valence-corrected chi connectivity index (χ1v) is 11.0. The molecule has 6 nitrogen and oxygen atoms in total. The first kappa shape index (κ1) is 19.6. The number of aromatic carboxylic acids is 1. The van der Waals surface area contributed by atoms with E-state index < -0.39 is 5.97 Å². The Bertz CT molecular complexity index is 1690. The molecule has 3 heterocycles. The van der Waals surface area contributed by atoms with E-state index >= 15 is 0 Å². The number of carbonyl (C=O) groups is 1. The summed E-state index contributed by atoms with van der Waals surface area (Å²) in [6.45, 7) is 0. The largest absolute Gasteiger partial charge is 0.478 e. The maximum absolute atomic E-state index is 11.4. The maximum atomic E-state index is 11.4. The van der Waals surface area contributed by atoms with E-state index in [9.17, 15) is 9.90 Å². The van der Waals surface area contributed by atoms with Gasteiger partial charge in [0, 0.05) is 38.9 Å². The van der Waals surface area contributed by atoms with E-state index in [1.54, 1.807) is 36.7 Å². The van der Waals surface area contributed by atoms with E-state index in [1.807, 2.05) is 48.5 Å². The van der Waals surface area contributed by atoms with E-state index in [1.165, 1.54) is 0 Å². The number of hydrogen-bond acceptors (Lipinski definition) is 4. The molecule has 0 amide bonds. The first-order valence-electron chi connectivity index (χ1n) is 10.3. The highest BCUT2D eigenvalue weighted by Crippen LogP contribution is 2.37. The van der Waals surface area contributed by atoms with Crippen molar-refractivity contribution < 1.29 is 9.90 Å². The molecule has 0 aliphatic carbocycles. The molecule has 0 aliphatic rings. The zero-order valence-electron chi connectivity index (χ0n) is 17.1. The van der Waals surface area contributed by atoms with Gasteiger partial charge < -0.3 is 5.11 Å². The molecule has 0 saturated heterocycles. The monoisotopic (exact) mass is 494 g/mol. The zero-order chi connectivity index (χ0) is 22.5. The quantitative estimate of drug-likeness (QED) is 0.294. The van der Waals surface area contributed by atoms with Crippen molar-refractivity contribution in [1.29, 1.82) is 0 Å². The molecular weight excluding hydrogens is 480 g/mol. The lowest BCUT2D eigenvalue weighted by Gasteiger charge is -2.12. The van der Waals surface area contributed by atoms with Gasteiger partial charge in [0.05, 0.1) is 27.6 Å². The van der Waals surface area contributed by atoms with Crippen molar-refractivity contribution in [3.05, 3.63) is 95.2 Å². The number of aromatic nitrogens is 4. The number of carboxylic acids is 1. The van der Waals surface area contributed by atoms with Crippen molar-refractivity contribution in [2.45, 2.75) is 0 Å². The summed E-state index contributed by atoms with van der Waals surface area (Å²) < 4.78 is 3.08. The Morgan fingerprint density at radius 2 is 1.42 bits per heavy atom. The van der Waals surface area contributed by atoms with Crippen LogP contribution in [0.25, 0.3) is 49.9 Å². The van der Waals surface area contributed by atoms with Gasteiger partial charge in [-0.2, -0.15) is 0 Å². The van der Waals surface area contributed by atoms with Gasteiger partial charge in [-0.05, 0) is 60.7 Å². The summed E-state index contributed by atoms with van der Waals surface area (Å²) in [7, 11) is 0. The van der Waals surface area contributed by atoms with Gasteiger partial charge in [0.15, 0.2) is 0 Å². The molecule has 6 rings (SSSR count). The van der Waals surface area contributed by atoms with Crippen molar-refractivity contribution in [3.8, 4) is 17.1 Å². The van der Waals surface area contributed by atoms with E-state index in [2.05, 4.69) is 30.5 Å². The number of benzene rings is 3. The highest BCUT2D eigenvalue weighted by atomic mass is 79.9. The topological polar surface area (TPSA) is 80.9 Å². The molecule has 0 spiro atoms. The molecule has 0 unspecified atom stereocenters. The van der Waals surface area contributed by atoms with Crippen molar-refractivity contribution in [3.63, 3.8) is 0 Å². The van der Waals surface area contributed by atoms with Gasteiger partial charge in [-0.3, -0.25) is 14.5 Å². The lowest BCUT2D eigenvalue weighted by atomic mass is 10.1. The van der Waals surface area contributed by atoms with Crippen molar-refractivity contribution in [2.75, 3.05) is 0 Å². The van der Waals surface area contributed by atoms with Gasteiger partial charge in [0.2, 0.25) is 0 Å². The van der Waals surface area contributed by atoms with Crippen molar-refractivity contribution in [2.24, 2.45) is 0 Å². The molecule has 0 aliphatic heterocycles. The molecular formula is C26H15BrN4O2. The highest BCUT2D eigenvalue weighted by molar-refractivity contribution is 9.10. The summed E-state index contributed by atoms with van der Waals surface area (Å²) in [6.07, 6.45) is 3.54. The molecule has 1 N–H and O–H groups in total. The number of imidazole rings is 1. The summed E-state index contributed by atoms with van der Waals surface area (Å²) in [5.41, 5.74) is 5.34. The SMILES string of the molecule is O=C(O)c1ccc(-c2nc3c4cccnc4c4ncccc4c3n2-c2ccc(Br)cc2)cc1. The second-order valence-corrected chi connectivity index (χ2v) is 8.54. The summed E-state index contributed by atoms with van der Waals surface area (Å²) >= 11 is 3.52.